The number of anilines is 1. The van der Waals surface area contributed by atoms with Crippen LogP contribution in [0.1, 0.15) is 40.9 Å². The molecule has 180 valence electrons. The van der Waals surface area contributed by atoms with E-state index in [2.05, 4.69) is 30.9 Å². The van der Waals surface area contributed by atoms with Crippen LogP contribution in [0.2, 0.25) is 5.02 Å². The van der Waals surface area contributed by atoms with Crippen molar-refractivity contribution in [3.63, 3.8) is 0 Å². The van der Waals surface area contributed by atoms with Gasteiger partial charge in [-0.25, -0.2) is 0 Å². The molecule has 0 aromatic heterocycles. The van der Waals surface area contributed by atoms with Gasteiger partial charge < -0.3 is 23.8 Å². The van der Waals surface area contributed by atoms with Gasteiger partial charge in [-0.1, -0.05) is 23.7 Å². The van der Waals surface area contributed by atoms with Crippen molar-refractivity contribution in [1.29, 1.82) is 0 Å². The van der Waals surface area contributed by atoms with Crippen LogP contribution >= 0.6 is 11.6 Å². The van der Waals surface area contributed by atoms with Crippen LogP contribution in [0.25, 0.3) is 6.08 Å². The van der Waals surface area contributed by atoms with E-state index in [0.29, 0.717) is 34.5 Å². The Bertz CT molecular complexity index is 1280. The second kappa shape index (κ2) is 10.0. The van der Waals surface area contributed by atoms with E-state index < -0.39 is 0 Å². The maximum atomic E-state index is 12.9. The summed E-state index contributed by atoms with van der Waals surface area (Å²) < 4.78 is 22.9. The highest BCUT2D eigenvalue weighted by Crippen LogP contribution is 2.36. The summed E-state index contributed by atoms with van der Waals surface area (Å²) in [5.41, 5.74) is 4.30. The standard InChI is InChI=1S/C28H26ClNO5/c1-3-30(4-2)22-7-5-18(6-8-22)11-26-27(31)24-10-9-23(14-25(24)35-26)33-16-20-13-21(29)12-19-15-32-17-34-28(19)20/h5-14H,3-4,15-17H2,1-2H3/b26-11-. The fourth-order valence-corrected chi connectivity index (χ4v) is 4.57. The Kier molecular flexibility index (Phi) is 6.66. The number of halogens is 1. The van der Waals surface area contributed by atoms with E-state index >= 15 is 0 Å². The molecule has 7 heteroatoms. The summed E-state index contributed by atoms with van der Waals surface area (Å²) in [7, 11) is 0. The molecule has 3 aromatic rings. The van der Waals surface area contributed by atoms with Gasteiger partial charge in [0, 0.05) is 41.0 Å². The van der Waals surface area contributed by atoms with E-state index in [4.69, 9.17) is 30.5 Å². The van der Waals surface area contributed by atoms with Crippen LogP contribution in [0.5, 0.6) is 17.2 Å². The molecule has 0 aliphatic carbocycles. The summed E-state index contributed by atoms with van der Waals surface area (Å²) in [6.45, 7) is 7.06. The maximum absolute atomic E-state index is 12.9. The number of carbonyl (C=O) groups excluding carboxylic acids is 1. The molecule has 0 spiro atoms. The van der Waals surface area contributed by atoms with Gasteiger partial charge in [0.25, 0.3) is 0 Å². The lowest BCUT2D eigenvalue weighted by molar-refractivity contribution is -0.0175. The number of rotatable bonds is 7. The number of ether oxygens (including phenoxy) is 4. The van der Waals surface area contributed by atoms with E-state index in [1.54, 1.807) is 24.3 Å². The van der Waals surface area contributed by atoms with E-state index in [1.165, 1.54) is 0 Å². The fraction of sp³-hybridized carbons (Fsp3) is 0.250. The van der Waals surface area contributed by atoms with Crippen LogP contribution in [0.4, 0.5) is 5.69 Å². The quantitative estimate of drug-likeness (QED) is 0.364. The molecule has 6 nitrogen and oxygen atoms in total. The molecule has 0 saturated carbocycles. The summed E-state index contributed by atoms with van der Waals surface area (Å²) in [6, 6.07) is 17.0. The molecule has 35 heavy (non-hydrogen) atoms. The number of benzene rings is 3. The Hall–Kier alpha value is -3.48. The summed E-state index contributed by atoms with van der Waals surface area (Å²) in [5.74, 6) is 1.96. The lowest BCUT2D eigenvalue weighted by Crippen LogP contribution is -2.21. The van der Waals surface area contributed by atoms with Crippen LogP contribution in [0.15, 0.2) is 60.4 Å². The zero-order valence-corrected chi connectivity index (χ0v) is 20.4. The van der Waals surface area contributed by atoms with E-state index in [0.717, 1.165) is 41.2 Å². The first-order valence-electron chi connectivity index (χ1n) is 11.6. The average molecular weight is 492 g/mol. The Balaban J connectivity index is 1.30. The van der Waals surface area contributed by atoms with Gasteiger partial charge in [-0.05, 0) is 61.9 Å². The van der Waals surface area contributed by atoms with Crippen molar-refractivity contribution in [2.75, 3.05) is 24.8 Å². The van der Waals surface area contributed by atoms with Crippen molar-refractivity contribution in [2.45, 2.75) is 27.1 Å². The summed E-state index contributed by atoms with van der Waals surface area (Å²) in [4.78, 5) is 15.1. The van der Waals surface area contributed by atoms with Crippen LogP contribution in [-0.2, 0) is 18.0 Å². The lowest BCUT2D eigenvalue weighted by Gasteiger charge is -2.21. The van der Waals surface area contributed by atoms with Crippen molar-refractivity contribution in [2.24, 2.45) is 0 Å². The van der Waals surface area contributed by atoms with Gasteiger partial charge in [-0.2, -0.15) is 0 Å². The third-order valence-corrected chi connectivity index (χ3v) is 6.33. The molecule has 0 N–H and O–H groups in total. The molecule has 2 heterocycles. The highest BCUT2D eigenvalue weighted by Gasteiger charge is 2.28. The van der Waals surface area contributed by atoms with Crippen molar-refractivity contribution < 1.29 is 23.7 Å². The number of ketones is 1. The van der Waals surface area contributed by atoms with Crippen LogP contribution in [0.3, 0.4) is 0 Å². The Labute approximate surface area is 209 Å². The van der Waals surface area contributed by atoms with Crippen molar-refractivity contribution in [1.82, 2.24) is 0 Å². The normalized spacial score (nSPS) is 15.3. The molecule has 5 rings (SSSR count). The Morgan fingerprint density at radius 1 is 1.06 bits per heavy atom. The molecule has 3 aromatic carbocycles. The van der Waals surface area contributed by atoms with Crippen LogP contribution < -0.4 is 19.1 Å². The minimum absolute atomic E-state index is 0.142. The van der Waals surface area contributed by atoms with Gasteiger partial charge >= 0.3 is 0 Å². The SMILES string of the molecule is CCN(CC)c1ccc(/C=C2\Oc3cc(OCc4cc(Cl)cc5c4OCOC5)ccc3C2=O)cc1. The molecule has 2 aliphatic heterocycles. The second-order valence-electron chi connectivity index (χ2n) is 8.31. The summed E-state index contributed by atoms with van der Waals surface area (Å²) in [6.07, 6.45) is 1.77. The average Bonchev–Trinajstić information content (AvgIpc) is 3.18. The number of fused-ring (bicyclic) bond motifs is 2. The number of nitrogens with zero attached hydrogens (tertiary/aromatic N) is 1. The van der Waals surface area contributed by atoms with Gasteiger partial charge in [0.1, 0.15) is 23.9 Å². The predicted octanol–water partition coefficient (Wildman–Crippen LogP) is 6.25. The number of hydrogen-bond donors (Lipinski definition) is 0. The van der Waals surface area contributed by atoms with Crippen molar-refractivity contribution in [3.05, 3.63) is 87.6 Å². The molecular formula is C28H26ClNO5. The largest absolute Gasteiger partial charge is 0.489 e. The monoisotopic (exact) mass is 491 g/mol. The predicted molar refractivity (Wildman–Crippen MR) is 135 cm³/mol. The molecular weight excluding hydrogens is 466 g/mol. The third kappa shape index (κ3) is 4.85. The zero-order valence-electron chi connectivity index (χ0n) is 19.7. The minimum Gasteiger partial charge on any atom is -0.489 e. The molecule has 2 aliphatic rings. The molecule has 0 radical (unpaired) electrons. The zero-order chi connectivity index (χ0) is 24.4. The van der Waals surface area contributed by atoms with E-state index in [1.807, 2.05) is 24.3 Å². The van der Waals surface area contributed by atoms with Gasteiger partial charge in [-0.15, -0.1) is 0 Å². The van der Waals surface area contributed by atoms with E-state index in [-0.39, 0.29) is 19.2 Å². The Morgan fingerprint density at radius 2 is 1.86 bits per heavy atom. The maximum Gasteiger partial charge on any atom is 0.231 e. The van der Waals surface area contributed by atoms with Crippen molar-refractivity contribution in [3.8, 4) is 17.2 Å². The third-order valence-electron chi connectivity index (χ3n) is 6.11. The van der Waals surface area contributed by atoms with Gasteiger partial charge in [0.15, 0.2) is 12.6 Å². The van der Waals surface area contributed by atoms with Gasteiger partial charge in [-0.3, -0.25) is 4.79 Å². The minimum atomic E-state index is -0.142. The highest BCUT2D eigenvalue weighted by atomic mass is 35.5. The molecule has 0 amide bonds. The highest BCUT2D eigenvalue weighted by molar-refractivity contribution is 6.30. The van der Waals surface area contributed by atoms with Crippen LogP contribution in [-0.4, -0.2) is 25.7 Å². The number of Topliss-reactive ketones (excluding diaryl/α,β-unsaturated/α-hetero) is 1. The first-order chi connectivity index (χ1) is 17.1. The topological polar surface area (TPSA) is 57.2 Å². The van der Waals surface area contributed by atoms with Crippen molar-refractivity contribution >= 4 is 29.1 Å². The molecule has 0 bridgehead atoms. The smallest absolute Gasteiger partial charge is 0.231 e. The second-order valence-corrected chi connectivity index (χ2v) is 8.75. The number of allylic oxidation sites excluding steroid dienone is 1. The van der Waals surface area contributed by atoms with Gasteiger partial charge in [0.05, 0.1) is 12.2 Å². The lowest BCUT2D eigenvalue weighted by atomic mass is 10.1. The molecule has 0 unspecified atom stereocenters. The number of hydrogen-bond acceptors (Lipinski definition) is 6. The molecule has 0 fully saturated rings. The number of carbonyl (C=O) groups is 1. The summed E-state index contributed by atoms with van der Waals surface area (Å²) >= 11 is 6.24. The molecule has 0 atom stereocenters. The first kappa shape index (κ1) is 23.3. The molecule has 0 saturated heterocycles. The summed E-state index contributed by atoms with van der Waals surface area (Å²) in [5, 5.41) is 0.597. The van der Waals surface area contributed by atoms with Crippen LogP contribution in [0, 0.1) is 0 Å². The first-order valence-corrected chi connectivity index (χ1v) is 12.0. The van der Waals surface area contributed by atoms with E-state index in [9.17, 15) is 4.79 Å². The fourth-order valence-electron chi connectivity index (χ4n) is 4.30. The Morgan fingerprint density at radius 3 is 2.63 bits per heavy atom. The van der Waals surface area contributed by atoms with Gasteiger partial charge in [0.2, 0.25) is 5.78 Å².